The second kappa shape index (κ2) is 5.06. The first kappa shape index (κ1) is 14.2. The Kier molecular flexibility index (Phi) is 3.00. The standard InChI is InChI=1S/C14H7N5O4S/c20-18(21)12-7-13(19(22)23)24-14(12)16-15-8-1-3-9(4-2-8)17-10-5-11(17)6-10/h1-7H. The van der Waals surface area contributed by atoms with Crippen LogP contribution in [-0.2, 0) is 0 Å². The van der Waals surface area contributed by atoms with Gasteiger partial charge in [-0.05, 0) is 47.8 Å². The van der Waals surface area contributed by atoms with Gasteiger partial charge in [0.1, 0.15) is 6.07 Å². The highest BCUT2D eigenvalue weighted by Crippen LogP contribution is 2.44. The lowest BCUT2D eigenvalue weighted by molar-refractivity contribution is -0.389. The van der Waals surface area contributed by atoms with Crippen molar-refractivity contribution in [3.05, 3.63) is 74.1 Å². The molecule has 0 saturated carbocycles. The van der Waals surface area contributed by atoms with E-state index in [4.69, 9.17) is 0 Å². The van der Waals surface area contributed by atoms with E-state index in [1.165, 1.54) is 0 Å². The van der Waals surface area contributed by atoms with E-state index in [1.807, 2.05) is 12.1 Å². The summed E-state index contributed by atoms with van der Waals surface area (Å²) < 4.78 is 0. The van der Waals surface area contributed by atoms with Crippen molar-refractivity contribution in [3.63, 3.8) is 0 Å². The number of hydrogen-bond acceptors (Lipinski definition) is 8. The molecule has 1 aliphatic carbocycles. The van der Waals surface area contributed by atoms with Crippen molar-refractivity contribution in [1.82, 2.24) is 0 Å². The SMILES string of the molecule is O=[N+]([O-])c1cc([N+](=O)[O-])c(N=Nc2ccc(N3C4=CC3=C4)cc2)s1. The molecule has 2 aromatic rings. The van der Waals surface area contributed by atoms with Crippen molar-refractivity contribution in [2.75, 3.05) is 4.90 Å². The molecule has 0 spiro atoms. The van der Waals surface area contributed by atoms with Gasteiger partial charge in [0.2, 0.25) is 5.00 Å². The van der Waals surface area contributed by atoms with Crippen LogP contribution in [0.25, 0.3) is 0 Å². The number of thiophene rings is 1. The minimum atomic E-state index is -0.710. The third-order valence-electron chi connectivity index (χ3n) is 3.53. The zero-order valence-corrected chi connectivity index (χ0v) is 12.6. The number of nitro groups is 2. The van der Waals surface area contributed by atoms with Crippen LogP contribution in [0.5, 0.6) is 0 Å². The van der Waals surface area contributed by atoms with Crippen LogP contribution >= 0.6 is 11.3 Å². The number of allylic oxidation sites excluding steroid dienone is 2. The highest BCUT2D eigenvalue weighted by Gasteiger charge is 2.32. The summed E-state index contributed by atoms with van der Waals surface area (Å²) in [7, 11) is 0. The maximum absolute atomic E-state index is 10.9. The van der Waals surface area contributed by atoms with Crippen LogP contribution in [0.1, 0.15) is 0 Å². The molecule has 10 heteroatoms. The van der Waals surface area contributed by atoms with Gasteiger partial charge in [-0.25, -0.2) is 0 Å². The molecule has 2 bridgehead atoms. The van der Waals surface area contributed by atoms with Crippen LogP contribution in [0, 0.1) is 20.2 Å². The summed E-state index contributed by atoms with van der Waals surface area (Å²) in [6.45, 7) is 0. The Morgan fingerprint density at radius 1 is 0.958 bits per heavy atom. The van der Waals surface area contributed by atoms with Crippen molar-refractivity contribution in [2.45, 2.75) is 0 Å². The van der Waals surface area contributed by atoms with Gasteiger partial charge in [0.05, 0.1) is 26.9 Å². The molecule has 0 N–H and O–H groups in total. The third-order valence-corrected chi connectivity index (χ3v) is 4.49. The Labute approximate surface area is 138 Å². The Balaban J connectivity index is 1.56. The van der Waals surface area contributed by atoms with Crippen molar-refractivity contribution in [3.8, 4) is 0 Å². The largest absolute Gasteiger partial charge is 0.333 e. The van der Waals surface area contributed by atoms with Gasteiger partial charge in [-0.1, -0.05) is 0 Å². The molecule has 9 nitrogen and oxygen atoms in total. The van der Waals surface area contributed by atoms with Gasteiger partial charge in [-0.2, -0.15) is 0 Å². The molecule has 24 heavy (non-hydrogen) atoms. The molecule has 0 unspecified atom stereocenters. The highest BCUT2D eigenvalue weighted by atomic mass is 32.1. The molecule has 0 atom stereocenters. The van der Waals surface area contributed by atoms with E-state index >= 15 is 0 Å². The number of nitrogens with zero attached hydrogens (tertiary/aromatic N) is 5. The molecule has 5 rings (SSSR count). The zero-order chi connectivity index (χ0) is 16.8. The van der Waals surface area contributed by atoms with Crippen molar-refractivity contribution in [2.24, 2.45) is 10.2 Å². The summed E-state index contributed by atoms with van der Waals surface area (Å²) in [6, 6.07) is 8.07. The number of anilines is 1. The molecule has 0 saturated heterocycles. The van der Waals surface area contributed by atoms with Gasteiger partial charge in [-0.15, -0.1) is 10.2 Å². The lowest BCUT2D eigenvalue weighted by atomic mass is 9.96. The van der Waals surface area contributed by atoms with Crippen LogP contribution < -0.4 is 4.90 Å². The second-order valence-corrected chi connectivity index (χ2v) is 5.99. The topological polar surface area (TPSA) is 114 Å². The Hall–Kier alpha value is -3.40. The summed E-state index contributed by atoms with van der Waals surface area (Å²) in [5, 5.41) is 28.9. The third kappa shape index (κ3) is 2.16. The quantitative estimate of drug-likeness (QED) is 0.448. The lowest BCUT2D eigenvalue weighted by Crippen LogP contribution is -2.36. The molecular formula is C14H7N5O4S. The van der Waals surface area contributed by atoms with Gasteiger partial charge in [-0.3, -0.25) is 20.2 Å². The fraction of sp³-hybridized carbons (Fsp3) is 0. The first-order valence-electron chi connectivity index (χ1n) is 6.71. The van der Waals surface area contributed by atoms with E-state index in [2.05, 4.69) is 27.3 Å². The molecular weight excluding hydrogens is 334 g/mol. The summed E-state index contributed by atoms with van der Waals surface area (Å²) in [6.07, 6.45) is 4.13. The molecule has 3 heterocycles. The fourth-order valence-corrected chi connectivity index (χ4v) is 3.05. The van der Waals surface area contributed by atoms with Crippen molar-refractivity contribution >= 4 is 38.4 Å². The van der Waals surface area contributed by atoms with Crippen LogP contribution in [-0.4, -0.2) is 9.85 Å². The number of hydrogen-bond donors (Lipinski definition) is 0. The molecule has 0 radical (unpaired) electrons. The summed E-state index contributed by atoms with van der Waals surface area (Å²) in [5.41, 5.74) is 3.39. The van der Waals surface area contributed by atoms with E-state index in [0.29, 0.717) is 17.0 Å². The fourth-order valence-electron chi connectivity index (χ4n) is 2.29. The van der Waals surface area contributed by atoms with Gasteiger partial charge in [0, 0.05) is 5.69 Å². The number of rotatable bonds is 5. The first-order chi connectivity index (χ1) is 11.5. The molecule has 3 aliphatic rings. The molecule has 0 amide bonds. The monoisotopic (exact) mass is 341 g/mol. The Bertz CT molecular complexity index is 950. The number of benzene rings is 1. The average molecular weight is 341 g/mol. The van der Waals surface area contributed by atoms with Crippen LogP contribution in [0.3, 0.4) is 0 Å². The Morgan fingerprint density at radius 2 is 1.62 bits per heavy atom. The predicted molar refractivity (Wildman–Crippen MR) is 86.9 cm³/mol. The van der Waals surface area contributed by atoms with Crippen LogP contribution in [0.2, 0.25) is 0 Å². The van der Waals surface area contributed by atoms with Crippen LogP contribution in [0.4, 0.5) is 27.1 Å². The van der Waals surface area contributed by atoms with Crippen molar-refractivity contribution in [1.29, 1.82) is 0 Å². The molecule has 1 aromatic carbocycles. The summed E-state index contributed by atoms with van der Waals surface area (Å²) in [5.74, 6) is 0. The van der Waals surface area contributed by atoms with Gasteiger partial charge >= 0.3 is 10.7 Å². The first-order valence-corrected chi connectivity index (χ1v) is 7.52. The van der Waals surface area contributed by atoms with Gasteiger partial charge in [0.25, 0.3) is 0 Å². The van der Waals surface area contributed by atoms with Crippen molar-refractivity contribution < 1.29 is 9.85 Å². The van der Waals surface area contributed by atoms with E-state index < -0.39 is 15.5 Å². The van der Waals surface area contributed by atoms with E-state index in [1.54, 1.807) is 12.1 Å². The van der Waals surface area contributed by atoms with E-state index in [9.17, 15) is 20.2 Å². The van der Waals surface area contributed by atoms with E-state index in [0.717, 1.165) is 23.1 Å². The average Bonchev–Trinajstić information content (AvgIpc) is 2.88. The molecule has 0 fully saturated rings. The van der Waals surface area contributed by atoms with Gasteiger partial charge < -0.3 is 4.90 Å². The summed E-state index contributed by atoms with van der Waals surface area (Å²) in [4.78, 5) is 22.4. The maximum Gasteiger partial charge on any atom is 0.333 e. The minimum absolute atomic E-state index is 0.102. The predicted octanol–water partition coefficient (Wildman–Crippen LogP) is 4.58. The van der Waals surface area contributed by atoms with Gasteiger partial charge in [0.15, 0.2) is 0 Å². The highest BCUT2D eigenvalue weighted by molar-refractivity contribution is 7.19. The van der Waals surface area contributed by atoms with E-state index in [-0.39, 0.29) is 10.0 Å². The smallest absolute Gasteiger partial charge is 0.310 e. The Morgan fingerprint density at radius 3 is 2.12 bits per heavy atom. The minimum Gasteiger partial charge on any atom is -0.310 e. The molecule has 118 valence electrons. The van der Waals surface area contributed by atoms with Crippen LogP contribution in [0.15, 0.2) is 64.1 Å². The number of azo groups is 1. The molecule has 2 aliphatic heterocycles. The zero-order valence-electron chi connectivity index (χ0n) is 11.8. The summed E-state index contributed by atoms with van der Waals surface area (Å²) >= 11 is 0.618. The maximum atomic E-state index is 10.9. The lowest BCUT2D eigenvalue weighted by Gasteiger charge is -2.43. The second-order valence-electron chi connectivity index (χ2n) is 4.98. The molecule has 1 aromatic heterocycles. The normalized spacial score (nSPS) is 14.8.